The number of carbonyl (C=O) groups excluding carboxylic acids is 1. The number of carbonyl (C=O) groups is 1. The lowest BCUT2D eigenvalue weighted by molar-refractivity contribution is -0.128. The molecule has 3 aromatic rings. The second kappa shape index (κ2) is 7.08. The van der Waals surface area contributed by atoms with E-state index < -0.39 is 0 Å². The fraction of sp³-hybridized carbons (Fsp3) is 0.250. The van der Waals surface area contributed by atoms with E-state index in [1.807, 2.05) is 61.1 Å². The summed E-state index contributed by atoms with van der Waals surface area (Å²) in [7, 11) is 1.88. The molecule has 0 N–H and O–H groups in total. The van der Waals surface area contributed by atoms with Crippen LogP contribution < -0.4 is 5.56 Å². The molecule has 0 saturated carbocycles. The third kappa shape index (κ3) is 3.08. The molecular weight excluding hydrogens is 360 g/mol. The van der Waals surface area contributed by atoms with Crippen molar-refractivity contribution in [2.45, 2.75) is 18.8 Å². The normalized spacial score (nSPS) is 16.9. The van der Waals surface area contributed by atoms with Crippen molar-refractivity contribution in [1.82, 2.24) is 19.2 Å². The highest BCUT2D eigenvalue weighted by Crippen LogP contribution is 2.39. The number of amides is 1. The fourth-order valence-electron chi connectivity index (χ4n) is 3.42. The molecule has 1 amide bonds. The highest BCUT2D eigenvalue weighted by Gasteiger charge is 2.37. The monoisotopic (exact) mass is 380 g/mol. The van der Waals surface area contributed by atoms with Crippen molar-refractivity contribution in [2.24, 2.45) is 7.05 Å². The van der Waals surface area contributed by atoms with Crippen LogP contribution in [0.1, 0.15) is 22.2 Å². The number of hydrogen-bond acceptors (Lipinski definition) is 4. The number of nitrogens with zero attached hydrogens (tertiary/aromatic N) is 4. The number of pyridine rings is 1. The Morgan fingerprint density at radius 1 is 1.11 bits per heavy atom. The summed E-state index contributed by atoms with van der Waals surface area (Å²) in [5.74, 6) is 0.435. The largest absolute Gasteiger partial charge is 0.321 e. The highest BCUT2D eigenvalue weighted by atomic mass is 32.2. The number of benzene rings is 1. The van der Waals surface area contributed by atoms with E-state index in [0.29, 0.717) is 17.9 Å². The summed E-state index contributed by atoms with van der Waals surface area (Å²) in [6.07, 6.45) is 3.43. The van der Waals surface area contributed by atoms with Crippen LogP contribution in [0.4, 0.5) is 0 Å². The average Bonchev–Trinajstić information content (AvgIpc) is 3.14. The van der Waals surface area contributed by atoms with E-state index >= 15 is 0 Å². The second-order valence-corrected chi connectivity index (χ2v) is 7.58. The van der Waals surface area contributed by atoms with E-state index in [-0.39, 0.29) is 16.8 Å². The van der Waals surface area contributed by atoms with Gasteiger partial charge < -0.3 is 4.90 Å². The summed E-state index contributed by atoms with van der Waals surface area (Å²) in [5, 5.41) is -0.283. The first-order valence-electron chi connectivity index (χ1n) is 8.72. The Balaban J connectivity index is 1.76. The van der Waals surface area contributed by atoms with Gasteiger partial charge in [0.05, 0.1) is 17.0 Å². The molecule has 0 bridgehead atoms. The number of thioether (sulfide) groups is 1. The molecule has 6 nitrogen and oxygen atoms in total. The Morgan fingerprint density at radius 2 is 1.81 bits per heavy atom. The van der Waals surface area contributed by atoms with Crippen LogP contribution in [0.25, 0.3) is 5.69 Å². The Morgan fingerprint density at radius 3 is 2.52 bits per heavy atom. The van der Waals surface area contributed by atoms with Crippen LogP contribution in [0.3, 0.4) is 0 Å². The van der Waals surface area contributed by atoms with E-state index in [4.69, 9.17) is 0 Å². The number of hydrogen-bond donors (Lipinski definition) is 0. The molecule has 3 heterocycles. The van der Waals surface area contributed by atoms with Crippen LogP contribution in [0.15, 0.2) is 59.7 Å². The minimum Gasteiger partial charge on any atom is -0.321 e. The van der Waals surface area contributed by atoms with Gasteiger partial charge in [0.25, 0.3) is 5.56 Å². The van der Waals surface area contributed by atoms with Gasteiger partial charge in [0, 0.05) is 31.7 Å². The van der Waals surface area contributed by atoms with Crippen molar-refractivity contribution in [3.8, 4) is 5.69 Å². The van der Waals surface area contributed by atoms with Crippen molar-refractivity contribution in [2.75, 3.05) is 5.75 Å². The number of rotatable bonds is 4. The first kappa shape index (κ1) is 17.6. The molecule has 1 saturated heterocycles. The molecule has 0 spiro atoms. The van der Waals surface area contributed by atoms with Gasteiger partial charge in [-0.1, -0.05) is 18.2 Å². The summed E-state index contributed by atoms with van der Waals surface area (Å²) in [6, 6.07) is 13.4. The van der Waals surface area contributed by atoms with Gasteiger partial charge >= 0.3 is 0 Å². The van der Waals surface area contributed by atoms with Crippen molar-refractivity contribution in [1.29, 1.82) is 0 Å². The number of aromatic nitrogens is 3. The van der Waals surface area contributed by atoms with Crippen LogP contribution >= 0.6 is 11.8 Å². The maximum absolute atomic E-state index is 13.3. The third-order valence-electron chi connectivity index (χ3n) is 4.92. The first-order valence-corrected chi connectivity index (χ1v) is 9.76. The predicted octanol–water partition coefficient (Wildman–Crippen LogP) is 2.65. The van der Waals surface area contributed by atoms with Crippen LogP contribution in [-0.4, -0.2) is 30.9 Å². The lowest BCUT2D eigenvalue weighted by Crippen LogP contribution is -2.31. The van der Waals surface area contributed by atoms with Crippen LogP contribution in [0.2, 0.25) is 0 Å². The van der Waals surface area contributed by atoms with E-state index in [9.17, 15) is 9.59 Å². The lowest BCUT2D eigenvalue weighted by atomic mass is 10.2. The molecule has 1 unspecified atom stereocenters. The smallest absolute Gasteiger partial charge is 0.277 e. The topological polar surface area (TPSA) is 60.1 Å². The van der Waals surface area contributed by atoms with E-state index in [2.05, 4.69) is 4.98 Å². The number of para-hydroxylation sites is 1. The van der Waals surface area contributed by atoms with Gasteiger partial charge in [0.2, 0.25) is 5.91 Å². The van der Waals surface area contributed by atoms with Gasteiger partial charge in [-0.3, -0.25) is 19.3 Å². The SMILES string of the molecule is Cc1c(C2SCC(=O)N2Cc2ccncc2)c(=O)n(-c2ccccc2)n1C. The molecular formula is C20H20N4O2S. The third-order valence-corrected chi connectivity index (χ3v) is 6.14. The molecule has 1 aliphatic heterocycles. The quantitative estimate of drug-likeness (QED) is 0.698. The molecule has 1 atom stereocenters. The maximum atomic E-state index is 13.3. The van der Waals surface area contributed by atoms with Gasteiger partial charge in [-0.15, -0.1) is 11.8 Å². The summed E-state index contributed by atoms with van der Waals surface area (Å²) in [6.45, 7) is 2.41. The molecule has 4 rings (SSSR count). The molecule has 2 aromatic heterocycles. The molecule has 27 heavy (non-hydrogen) atoms. The van der Waals surface area contributed by atoms with Crippen LogP contribution in [-0.2, 0) is 18.4 Å². The van der Waals surface area contributed by atoms with Crippen LogP contribution in [0.5, 0.6) is 0 Å². The zero-order chi connectivity index (χ0) is 19.0. The van der Waals surface area contributed by atoms with Crippen molar-refractivity contribution >= 4 is 17.7 Å². The van der Waals surface area contributed by atoms with Crippen molar-refractivity contribution in [3.05, 3.63) is 82.0 Å². The second-order valence-electron chi connectivity index (χ2n) is 6.52. The minimum absolute atomic E-state index is 0.0516. The fourth-order valence-corrected chi connectivity index (χ4v) is 4.70. The summed E-state index contributed by atoms with van der Waals surface area (Å²) < 4.78 is 3.53. The molecule has 138 valence electrons. The summed E-state index contributed by atoms with van der Waals surface area (Å²) in [5.41, 5.74) is 3.28. The molecule has 1 aliphatic rings. The van der Waals surface area contributed by atoms with Gasteiger partial charge in [-0.2, -0.15) is 0 Å². The zero-order valence-electron chi connectivity index (χ0n) is 15.2. The average molecular weight is 380 g/mol. The zero-order valence-corrected chi connectivity index (χ0v) is 16.0. The van der Waals surface area contributed by atoms with E-state index in [1.165, 1.54) is 11.8 Å². The Kier molecular flexibility index (Phi) is 4.61. The first-order chi connectivity index (χ1) is 13.1. The Hall–Kier alpha value is -2.80. The van der Waals surface area contributed by atoms with Gasteiger partial charge in [0.1, 0.15) is 5.37 Å². The molecule has 7 heteroatoms. The molecule has 0 aliphatic carbocycles. The molecule has 1 fully saturated rings. The predicted molar refractivity (Wildman–Crippen MR) is 106 cm³/mol. The van der Waals surface area contributed by atoms with Gasteiger partial charge in [-0.05, 0) is 36.8 Å². The summed E-state index contributed by atoms with van der Waals surface area (Å²) >= 11 is 1.51. The van der Waals surface area contributed by atoms with Crippen LogP contribution in [0, 0.1) is 6.92 Å². The summed E-state index contributed by atoms with van der Waals surface area (Å²) in [4.78, 5) is 31.6. The van der Waals surface area contributed by atoms with Crippen molar-refractivity contribution in [3.63, 3.8) is 0 Å². The van der Waals surface area contributed by atoms with Gasteiger partial charge in [0.15, 0.2) is 0 Å². The highest BCUT2D eigenvalue weighted by molar-refractivity contribution is 8.00. The lowest BCUT2D eigenvalue weighted by Gasteiger charge is -2.23. The standard InChI is InChI=1S/C20H20N4O2S/c1-14-18(19(26)24(22(14)2)16-6-4-3-5-7-16)20-23(17(25)13-27-20)12-15-8-10-21-11-9-15/h3-11,20H,12-13H2,1-2H3. The molecule has 1 aromatic carbocycles. The minimum atomic E-state index is -0.283. The van der Waals surface area contributed by atoms with Crippen molar-refractivity contribution < 1.29 is 4.79 Å². The Labute approximate surface area is 161 Å². The maximum Gasteiger partial charge on any atom is 0.277 e. The molecule has 0 radical (unpaired) electrons. The van der Waals surface area contributed by atoms with Gasteiger partial charge in [-0.25, -0.2) is 4.68 Å². The van der Waals surface area contributed by atoms with E-state index in [0.717, 1.165) is 16.9 Å². The Bertz CT molecular complexity index is 1030. The van der Waals surface area contributed by atoms with E-state index in [1.54, 1.807) is 22.0 Å².